The fourth-order valence-corrected chi connectivity index (χ4v) is 2.14. The van der Waals surface area contributed by atoms with E-state index in [1.807, 2.05) is 18.7 Å². The fourth-order valence-electron chi connectivity index (χ4n) is 1.18. The molecule has 1 unspecified atom stereocenters. The van der Waals surface area contributed by atoms with Crippen molar-refractivity contribution in [2.75, 3.05) is 19.5 Å². The molecule has 2 N–H and O–H groups in total. The molecule has 14 heavy (non-hydrogen) atoms. The Hall–Kier alpha value is -0.520. The molecule has 1 heterocycles. The smallest absolute Gasteiger partial charge is 0.0939 e. The van der Waals surface area contributed by atoms with Gasteiger partial charge in [-0.25, -0.2) is 0 Å². The number of hydrogen-bond donors (Lipinski definition) is 1. The van der Waals surface area contributed by atoms with Crippen molar-refractivity contribution in [3.63, 3.8) is 0 Å². The van der Waals surface area contributed by atoms with Crippen LogP contribution in [-0.2, 0) is 11.8 Å². The van der Waals surface area contributed by atoms with Crippen molar-refractivity contribution in [3.8, 4) is 0 Å². The number of methoxy groups -OCH3 is 1. The number of hydrogen-bond acceptors (Lipinski definition) is 4. The van der Waals surface area contributed by atoms with Crippen LogP contribution < -0.4 is 5.73 Å². The monoisotopic (exact) mass is 215 g/mol. The number of aromatic nitrogens is 2. The highest BCUT2D eigenvalue weighted by Gasteiger charge is 2.06. The van der Waals surface area contributed by atoms with Gasteiger partial charge in [-0.1, -0.05) is 0 Å². The van der Waals surface area contributed by atoms with Gasteiger partial charge in [-0.05, 0) is 13.0 Å². The van der Waals surface area contributed by atoms with E-state index in [2.05, 4.69) is 11.2 Å². The van der Waals surface area contributed by atoms with Crippen LogP contribution in [0.15, 0.2) is 11.1 Å². The van der Waals surface area contributed by atoms with Crippen molar-refractivity contribution in [2.24, 2.45) is 12.8 Å². The van der Waals surface area contributed by atoms with E-state index < -0.39 is 0 Å². The Morgan fingerprint density at radius 3 is 2.93 bits per heavy atom. The molecule has 1 atom stereocenters. The number of nitrogens with two attached hydrogens (primary N) is 1. The molecule has 0 radical (unpaired) electrons. The standard InChI is InChI=1S/C9H17N3OS/c1-7-4-9(12(2)11-7)14-6-8(10)5-13-3/h4,8H,5-6,10H2,1-3H3. The summed E-state index contributed by atoms with van der Waals surface area (Å²) in [6, 6.07) is 2.14. The summed E-state index contributed by atoms with van der Waals surface area (Å²) < 4.78 is 6.84. The second-order valence-electron chi connectivity index (χ2n) is 3.27. The Balaban J connectivity index is 2.41. The first-order valence-electron chi connectivity index (χ1n) is 4.51. The maximum Gasteiger partial charge on any atom is 0.0939 e. The van der Waals surface area contributed by atoms with Crippen molar-refractivity contribution < 1.29 is 4.74 Å². The summed E-state index contributed by atoms with van der Waals surface area (Å²) in [5.74, 6) is 0.854. The van der Waals surface area contributed by atoms with E-state index >= 15 is 0 Å². The molecule has 0 spiro atoms. The lowest BCUT2D eigenvalue weighted by Gasteiger charge is -2.09. The van der Waals surface area contributed by atoms with Crippen LogP contribution in [-0.4, -0.2) is 35.3 Å². The molecular formula is C9H17N3OS. The van der Waals surface area contributed by atoms with Crippen LogP contribution in [0.2, 0.25) is 0 Å². The maximum atomic E-state index is 5.81. The molecule has 1 aromatic heterocycles. The van der Waals surface area contributed by atoms with E-state index in [4.69, 9.17) is 10.5 Å². The van der Waals surface area contributed by atoms with E-state index in [9.17, 15) is 0 Å². The van der Waals surface area contributed by atoms with Gasteiger partial charge in [-0.3, -0.25) is 4.68 Å². The zero-order chi connectivity index (χ0) is 10.6. The quantitative estimate of drug-likeness (QED) is 0.738. The lowest BCUT2D eigenvalue weighted by atomic mass is 10.4. The molecule has 0 saturated heterocycles. The number of thioether (sulfide) groups is 1. The molecule has 0 bridgehead atoms. The van der Waals surface area contributed by atoms with Gasteiger partial charge >= 0.3 is 0 Å². The zero-order valence-corrected chi connectivity index (χ0v) is 9.67. The van der Waals surface area contributed by atoms with Crippen LogP contribution in [0.25, 0.3) is 0 Å². The average Bonchev–Trinajstić information content (AvgIpc) is 2.42. The van der Waals surface area contributed by atoms with E-state index in [-0.39, 0.29) is 6.04 Å². The molecule has 0 saturated carbocycles. The first kappa shape index (κ1) is 11.6. The summed E-state index contributed by atoms with van der Waals surface area (Å²) in [5, 5.41) is 5.41. The molecule has 0 fully saturated rings. The highest BCUT2D eigenvalue weighted by Crippen LogP contribution is 2.18. The van der Waals surface area contributed by atoms with E-state index in [1.54, 1.807) is 18.9 Å². The third-order valence-electron chi connectivity index (χ3n) is 1.79. The SMILES string of the molecule is COCC(N)CSc1cc(C)nn1C. The van der Waals surface area contributed by atoms with E-state index in [0.29, 0.717) is 6.61 Å². The summed E-state index contributed by atoms with van der Waals surface area (Å²) in [6.07, 6.45) is 0. The van der Waals surface area contributed by atoms with Crippen molar-refractivity contribution in [2.45, 2.75) is 18.0 Å². The van der Waals surface area contributed by atoms with Gasteiger partial charge in [0.1, 0.15) is 0 Å². The first-order chi connectivity index (χ1) is 6.63. The lowest BCUT2D eigenvalue weighted by molar-refractivity contribution is 0.186. The molecule has 1 aromatic rings. The van der Waals surface area contributed by atoms with Gasteiger partial charge in [-0.2, -0.15) is 5.10 Å². The first-order valence-corrected chi connectivity index (χ1v) is 5.50. The largest absolute Gasteiger partial charge is 0.383 e. The molecule has 4 nitrogen and oxygen atoms in total. The second-order valence-corrected chi connectivity index (χ2v) is 4.31. The highest BCUT2D eigenvalue weighted by atomic mass is 32.2. The van der Waals surface area contributed by atoms with Gasteiger partial charge < -0.3 is 10.5 Å². The van der Waals surface area contributed by atoms with Crippen molar-refractivity contribution in [1.29, 1.82) is 0 Å². The Morgan fingerprint density at radius 2 is 2.43 bits per heavy atom. The van der Waals surface area contributed by atoms with Crippen LogP contribution in [0.4, 0.5) is 0 Å². The highest BCUT2D eigenvalue weighted by molar-refractivity contribution is 7.99. The normalized spacial score (nSPS) is 13.1. The Bertz CT molecular complexity index is 288. The van der Waals surface area contributed by atoms with Crippen LogP contribution in [0.3, 0.4) is 0 Å². The van der Waals surface area contributed by atoms with Gasteiger partial charge in [0, 0.05) is 26.0 Å². The summed E-state index contributed by atoms with van der Waals surface area (Å²) in [5.41, 5.74) is 6.85. The third kappa shape index (κ3) is 3.32. The minimum atomic E-state index is 0.0835. The lowest BCUT2D eigenvalue weighted by Crippen LogP contribution is -2.28. The molecule has 1 rings (SSSR count). The Morgan fingerprint density at radius 1 is 1.71 bits per heavy atom. The summed E-state index contributed by atoms with van der Waals surface area (Å²) in [7, 11) is 3.61. The minimum absolute atomic E-state index is 0.0835. The minimum Gasteiger partial charge on any atom is -0.383 e. The number of aryl methyl sites for hydroxylation is 2. The number of ether oxygens (including phenoxy) is 1. The van der Waals surface area contributed by atoms with E-state index in [1.165, 1.54) is 0 Å². The third-order valence-corrected chi connectivity index (χ3v) is 3.06. The molecular weight excluding hydrogens is 198 g/mol. The van der Waals surface area contributed by atoms with Gasteiger partial charge in [-0.15, -0.1) is 11.8 Å². The molecule has 0 aromatic carbocycles. The Kier molecular flexibility index (Phi) is 4.44. The van der Waals surface area contributed by atoms with Gasteiger partial charge in [0.15, 0.2) is 0 Å². The summed E-state index contributed by atoms with van der Waals surface area (Å²) in [4.78, 5) is 0. The van der Waals surface area contributed by atoms with Gasteiger partial charge in [0.05, 0.1) is 17.3 Å². The van der Waals surface area contributed by atoms with Crippen molar-refractivity contribution in [1.82, 2.24) is 9.78 Å². The van der Waals surface area contributed by atoms with Crippen molar-refractivity contribution >= 4 is 11.8 Å². The predicted octanol–water partition coefficient (Wildman–Crippen LogP) is 0.794. The van der Waals surface area contributed by atoms with E-state index in [0.717, 1.165) is 16.5 Å². The number of rotatable bonds is 5. The Labute approximate surface area is 88.8 Å². The molecule has 0 aliphatic rings. The predicted molar refractivity (Wildman–Crippen MR) is 58.5 cm³/mol. The van der Waals surface area contributed by atoms with Gasteiger partial charge in [0.2, 0.25) is 0 Å². The molecule has 5 heteroatoms. The van der Waals surface area contributed by atoms with Gasteiger partial charge in [0.25, 0.3) is 0 Å². The maximum absolute atomic E-state index is 5.81. The molecule has 0 amide bonds. The summed E-state index contributed by atoms with van der Waals surface area (Å²) in [6.45, 7) is 2.59. The topological polar surface area (TPSA) is 53.1 Å². The second kappa shape index (κ2) is 5.38. The van der Waals surface area contributed by atoms with Crippen molar-refractivity contribution in [3.05, 3.63) is 11.8 Å². The molecule has 0 aliphatic heterocycles. The average molecular weight is 215 g/mol. The van der Waals surface area contributed by atoms with Crippen LogP contribution in [0, 0.1) is 6.92 Å². The number of nitrogens with zero attached hydrogens (tertiary/aromatic N) is 2. The van der Waals surface area contributed by atoms with Crippen LogP contribution in [0.5, 0.6) is 0 Å². The van der Waals surface area contributed by atoms with Crippen LogP contribution >= 0.6 is 11.8 Å². The summed E-state index contributed by atoms with van der Waals surface area (Å²) >= 11 is 1.71. The van der Waals surface area contributed by atoms with Crippen LogP contribution in [0.1, 0.15) is 5.69 Å². The molecule has 0 aliphatic carbocycles. The fraction of sp³-hybridized carbons (Fsp3) is 0.667. The zero-order valence-electron chi connectivity index (χ0n) is 8.86. The molecule has 80 valence electrons.